The number of thioether (sulfide) groups is 1. The molecular formula is C12H11FN2OS. The van der Waals surface area contributed by atoms with Crippen molar-refractivity contribution in [1.82, 2.24) is 9.97 Å². The standard InChI is InChI=1S/C12H11FN2OS/c1-8-14-11(7-12(15-8)17-2)16-10-5-3-4-9(13)6-10/h3-7H,1-2H3. The largest absolute Gasteiger partial charge is 0.439 e. The van der Waals surface area contributed by atoms with Crippen LogP contribution in [0.15, 0.2) is 35.4 Å². The van der Waals surface area contributed by atoms with E-state index in [1.807, 2.05) is 6.26 Å². The van der Waals surface area contributed by atoms with E-state index in [9.17, 15) is 4.39 Å². The summed E-state index contributed by atoms with van der Waals surface area (Å²) >= 11 is 1.51. The Kier molecular flexibility index (Phi) is 3.58. The highest BCUT2D eigenvalue weighted by molar-refractivity contribution is 7.98. The zero-order valence-corrected chi connectivity index (χ0v) is 10.3. The Morgan fingerprint density at radius 3 is 2.76 bits per heavy atom. The Balaban J connectivity index is 2.26. The van der Waals surface area contributed by atoms with Crippen molar-refractivity contribution in [2.45, 2.75) is 11.9 Å². The van der Waals surface area contributed by atoms with Gasteiger partial charge in [-0.05, 0) is 25.3 Å². The molecule has 0 amide bonds. The normalized spacial score (nSPS) is 10.3. The van der Waals surface area contributed by atoms with Crippen molar-refractivity contribution in [3.8, 4) is 11.6 Å². The van der Waals surface area contributed by atoms with Crippen LogP contribution in [0.25, 0.3) is 0 Å². The van der Waals surface area contributed by atoms with Gasteiger partial charge in [0.15, 0.2) is 0 Å². The van der Waals surface area contributed by atoms with Crippen molar-refractivity contribution >= 4 is 11.8 Å². The smallest absolute Gasteiger partial charge is 0.223 e. The van der Waals surface area contributed by atoms with Gasteiger partial charge in [-0.25, -0.2) is 9.37 Å². The first kappa shape index (κ1) is 11.9. The Hall–Kier alpha value is -1.62. The second kappa shape index (κ2) is 5.14. The van der Waals surface area contributed by atoms with E-state index in [1.165, 1.54) is 23.9 Å². The summed E-state index contributed by atoms with van der Waals surface area (Å²) in [5.74, 6) is 1.14. The Labute approximate surface area is 103 Å². The molecule has 0 aliphatic carbocycles. The van der Waals surface area contributed by atoms with Gasteiger partial charge in [0.1, 0.15) is 22.4 Å². The van der Waals surface area contributed by atoms with Gasteiger partial charge in [-0.2, -0.15) is 4.98 Å². The van der Waals surface area contributed by atoms with Crippen LogP contribution in [-0.4, -0.2) is 16.2 Å². The topological polar surface area (TPSA) is 35.0 Å². The summed E-state index contributed by atoms with van der Waals surface area (Å²) in [6, 6.07) is 7.68. The van der Waals surface area contributed by atoms with Gasteiger partial charge in [0.25, 0.3) is 0 Å². The first-order valence-corrected chi connectivity index (χ1v) is 6.23. The van der Waals surface area contributed by atoms with Gasteiger partial charge in [-0.1, -0.05) is 6.07 Å². The number of hydrogen-bond donors (Lipinski definition) is 0. The van der Waals surface area contributed by atoms with Crippen molar-refractivity contribution in [3.63, 3.8) is 0 Å². The molecule has 0 spiro atoms. The molecule has 0 unspecified atom stereocenters. The average Bonchev–Trinajstić information content (AvgIpc) is 2.28. The zero-order chi connectivity index (χ0) is 12.3. The lowest BCUT2D eigenvalue weighted by Gasteiger charge is -2.06. The molecule has 2 rings (SSSR count). The summed E-state index contributed by atoms with van der Waals surface area (Å²) in [5, 5.41) is 0.823. The van der Waals surface area contributed by atoms with E-state index in [0.717, 1.165) is 5.03 Å². The third kappa shape index (κ3) is 3.17. The van der Waals surface area contributed by atoms with E-state index in [1.54, 1.807) is 25.1 Å². The second-order valence-electron chi connectivity index (χ2n) is 3.36. The molecule has 0 atom stereocenters. The van der Waals surface area contributed by atoms with Crippen LogP contribution in [0.3, 0.4) is 0 Å². The lowest BCUT2D eigenvalue weighted by Crippen LogP contribution is -1.94. The van der Waals surface area contributed by atoms with E-state index in [-0.39, 0.29) is 5.82 Å². The van der Waals surface area contributed by atoms with Crippen LogP contribution in [0.1, 0.15) is 5.82 Å². The Morgan fingerprint density at radius 2 is 2.06 bits per heavy atom. The van der Waals surface area contributed by atoms with Gasteiger partial charge >= 0.3 is 0 Å². The number of ether oxygens (including phenoxy) is 1. The van der Waals surface area contributed by atoms with E-state index in [2.05, 4.69) is 9.97 Å². The highest BCUT2D eigenvalue weighted by Crippen LogP contribution is 2.23. The molecule has 0 radical (unpaired) electrons. The summed E-state index contributed by atoms with van der Waals surface area (Å²) in [7, 11) is 0. The molecule has 0 N–H and O–H groups in total. The molecule has 17 heavy (non-hydrogen) atoms. The summed E-state index contributed by atoms with van der Waals surface area (Å²) < 4.78 is 18.5. The third-order valence-corrected chi connectivity index (χ3v) is 2.65. The van der Waals surface area contributed by atoms with Gasteiger partial charge in [-0.15, -0.1) is 11.8 Å². The summed E-state index contributed by atoms with van der Waals surface area (Å²) in [6.07, 6.45) is 1.92. The quantitative estimate of drug-likeness (QED) is 0.617. The first-order valence-electron chi connectivity index (χ1n) is 5.00. The molecule has 0 saturated carbocycles. The van der Waals surface area contributed by atoms with Crippen molar-refractivity contribution in [2.24, 2.45) is 0 Å². The monoisotopic (exact) mass is 250 g/mol. The minimum Gasteiger partial charge on any atom is -0.439 e. The first-order chi connectivity index (χ1) is 8.17. The predicted octanol–water partition coefficient (Wildman–Crippen LogP) is 3.44. The molecule has 0 saturated heterocycles. The van der Waals surface area contributed by atoms with E-state index in [0.29, 0.717) is 17.5 Å². The molecule has 0 aliphatic heterocycles. The SMILES string of the molecule is CSc1cc(Oc2cccc(F)c2)nc(C)n1. The van der Waals surface area contributed by atoms with Gasteiger partial charge in [0, 0.05) is 12.1 Å². The second-order valence-corrected chi connectivity index (χ2v) is 4.18. The molecule has 3 nitrogen and oxygen atoms in total. The van der Waals surface area contributed by atoms with Crippen LogP contribution in [0, 0.1) is 12.7 Å². The van der Waals surface area contributed by atoms with Crippen LogP contribution < -0.4 is 4.74 Å². The maximum atomic E-state index is 13.0. The molecule has 1 aromatic carbocycles. The van der Waals surface area contributed by atoms with E-state index < -0.39 is 0 Å². The van der Waals surface area contributed by atoms with Gasteiger partial charge < -0.3 is 4.74 Å². The number of rotatable bonds is 3. The summed E-state index contributed by atoms with van der Waals surface area (Å²) in [5.41, 5.74) is 0. The molecule has 1 heterocycles. The number of nitrogens with zero attached hydrogens (tertiary/aromatic N) is 2. The van der Waals surface area contributed by atoms with Gasteiger partial charge in [0.05, 0.1) is 0 Å². The van der Waals surface area contributed by atoms with Crippen molar-refractivity contribution in [3.05, 3.63) is 42.0 Å². The zero-order valence-electron chi connectivity index (χ0n) is 9.48. The molecular weight excluding hydrogens is 239 g/mol. The number of benzene rings is 1. The highest BCUT2D eigenvalue weighted by Gasteiger charge is 2.04. The Bertz CT molecular complexity index is 534. The van der Waals surface area contributed by atoms with Crippen molar-refractivity contribution in [2.75, 3.05) is 6.26 Å². The van der Waals surface area contributed by atoms with Crippen molar-refractivity contribution < 1.29 is 9.13 Å². The van der Waals surface area contributed by atoms with Crippen LogP contribution in [0.2, 0.25) is 0 Å². The minimum absolute atomic E-state index is 0.335. The van der Waals surface area contributed by atoms with Crippen LogP contribution in [0.5, 0.6) is 11.6 Å². The molecule has 1 aromatic heterocycles. The third-order valence-electron chi connectivity index (χ3n) is 2.02. The fourth-order valence-electron chi connectivity index (χ4n) is 1.32. The van der Waals surface area contributed by atoms with Gasteiger partial charge in [0.2, 0.25) is 5.88 Å². The molecule has 0 bridgehead atoms. The highest BCUT2D eigenvalue weighted by atomic mass is 32.2. The Morgan fingerprint density at radius 1 is 1.24 bits per heavy atom. The summed E-state index contributed by atoms with van der Waals surface area (Å²) in [6.45, 7) is 1.79. The van der Waals surface area contributed by atoms with E-state index >= 15 is 0 Å². The van der Waals surface area contributed by atoms with Crippen LogP contribution in [-0.2, 0) is 0 Å². The fraction of sp³-hybridized carbons (Fsp3) is 0.167. The summed E-state index contributed by atoms with van der Waals surface area (Å²) in [4.78, 5) is 8.35. The fourth-order valence-corrected chi connectivity index (χ4v) is 1.76. The lowest BCUT2D eigenvalue weighted by atomic mass is 10.3. The van der Waals surface area contributed by atoms with Crippen molar-refractivity contribution in [1.29, 1.82) is 0 Å². The average molecular weight is 250 g/mol. The number of aryl methyl sites for hydroxylation is 1. The molecule has 0 aliphatic rings. The minimum atomic E-state index is -0.335. The molecule has 2 aromatic rings. The maximum absolute atomic E-state index is 13.0. The van der Waals surface area contributed by atoms with Crippen LogP contribution in [0.4, 0.5) is 4.39 Å². The van der Waals surface area contributed by atoms with Gasteiger partial charge in [-0.3, -0.25) is 0 Å². The lowest BCUT2D eigenvalue weighted by molar-refractivity contribution is 0.452. The van der Waals surface area contributed by atoms with E-state index in [4.69, 9.17) is 4.74 Å². The molecule has 88 valence electrons. The number of halogens is 1. The molecule has 0 fully saturated rings. The maximum Gasteiger partial charge on any atom is 0.223 e. The van der Waals surface area contributed by atoms with Crippen LogP contribution >= 0.6 is 11.8 Å². The predicted molar refractivity (Wildman–Crippen MR) is 65.0 cm³/mol. The molecule has 5 heteroatoms. The number of hydrogen-bond acceptors (Lipinski definition) is 4. The number of aromatic nitrogens is 2.